The molecule has 0 radical (unpaired) electrons. The highest BCUT2D eigenvalue weighted by atomic mass is 16.4. The van der Waals surface area contributed by atoms with E-state index in [1.807, 2.05) is 37.3 Å². The Morgan fingerprint density at radius 3 is 2.41 bits per heavy atom. The van der Waals surface area contributed by atoms with E-state index in [1.165, 1.54) is 0 Å². The van der Waals surface area contributed by atoms with Crippen molar-refractivity contribution in [1.29, 1.82) is 0 Å². The molecule has 2 aliphatic carbocycles. The second-order valence-corrected chi connectivity index (χ2v) is 6.58. The van der Waals surface area contributed by atoms with Gasteiger partial charge in [-0.25, -0.2) is 0 Å². The first-order valence-corrected chi connectivity index (χ1v) is 8.18. The van der Waals surface area contributed by atoms with Crippen molar-refractivity contribution in [3.05, 3.63) is 35.9 Å². The highest BCUT2D eigenvalue weighted by Crippen LogP contribution is 2.52. The molecule has 2 saturated carbocycles. The maximum atomic E-state index is 12.7. The zero-order chi connectivity index (χ0) is 15.7. The molecule has 2 aliphatic rings. The number of carbonyl (C=O) groups is 2. The molecular formula is C18H22NO3-. The Balaban J connectivity index is 1.74. The fourth-order valence-electron chi connectivity index (χ4n) is 4.38. The first-order chi connectivity index (χ1) is 10.6. The van der Waals surface area contributed by atoms with Crippen LogP contribution in [0, 0.1) is 23.7 Å². The molecule has 0 aromatic heterocycles. The van der Waals surface area contributed by atoms with E-state index >= 15 is 0 Å². The number of hydrogen-bond donors (Lipinski definition) is 1. The number of benzene rings is 1. The summed E-state index contributed by atoms with van der Waals surface area (Å²) in [5.41, 5.74) is 1.06. The molecule has 118 valence electrons. The highest BCUT2D eigenvalue weighted by molar-refractivity contribution is 5.85. The quantitative estimate of drug-likeness (QED) is 0.899. The van der Waals surface area contributed by atoms with Gasteiger partial charge in [0, 0.05) is 17.8 Å². The van der Waals surface area contributed by atoms with Crippen LogP contribution in [0.2, 0.25) is 0 Å². The number of nitrogens with one attached hydrogen (secondary N) is 1. The fraction of sp³-hybridized carbons (Fsp3) is 0.556. The summed E-state index contributed by atoms with van der Waals surface area (Å²) in [5, 5.41) is 14.5. The number of rotatable bonds is 5. The molecule has 1 aromatic carbocycles. The monoisotopic (exact) mass is 300 g/mol. The largest absolute Gasteiger partial charge is 0.550 e. The molecule has 3 rings (SSSR count). The van der Waals surface area contributed by atoms with Crippen LogP contribution in [0.25, 0.3) is 0 Å². The number of carboxylic acids is 1. The van der Waals surface area contributed by atoms with Gasteiger partial charge in [0.25, 0.3) is 0 Å². The predicted molar refractivity (Wildman–Crippen MR) is 80.4 cm³/mol. The van der Waals surface area contributed by atoms with Gasteiger partial charge in [-0.05, 0) is 43.1 Å². The summed E-state index contributed by atoms with van der Waals surface area (Å²) < 4.78 is 0. The van der Waals surface area contributed by atoms with Crippen molar-refractivity contribution in [2.45, 2.75) is 38.6 Å². The van der Waals surface area contributed by atoms with E-state index in [2.05, 4.69) is 5.32 Å². The van der Waals surface area contributed by atoms with Gasteiger partial charge < -0.3 is 15.2 Å². The lowest BCUT2D eigenvalue weighted by molar-refractivity contribution is -0.314. The molecular weight excluding hydrogens is 278 g/mol. The molecule has 22 heavy (non-hydrogen) atoms. The summed E-state index contributed by atoms with van der Waals surface area (Å²) in [6, 6.07) is 9.77. The molecule has 4 heteroatoms. The molecule has 0 unspecified atom stereocenters. The maximum Gasteiger partial charge on any atom is 0.224 e. The van der Waals surface area contributed by atoms with E-state index in [1.54, 1.807) is 0 Å². The van der Waals surface area contributed by atoms with E-state index in [4.69, 9.17) is 0 Å². The molecule has 1 amide bonds. The van der Waals surface area contributed by atoms with Gasteiger partial charge in [0.05, 0.1) is 6.04 Å². The van der Waals surface area contributed by atoms with Gasteiger partial charge in [-0.1, -0.05) is 37.3 Å². The van der Waals surface area contributed by atoms with E-state index in [0.29, 0.717) is 0 Å². The van der Waals surface area contributed by atoms with Crippen LogP contribution >= 0.6 is 0 Å². The lowest BCUT2D eigenvalue weighted by Gasteiger charge is -2.32. The minimum absolute atomic E-state index is 0.0600. The minimum Gasteiger partial charge on any atom is -0.550 e. The average molecular weight is 300 g/mol. The molecule has 1 aromatic rings. The van der Waals surface area contributed by atoms with Crippen LogP contribution in [0.3, 0.4) is 0 Å². The summed E-state index contributed by atoms with van der Waals surface area (Å²) in [7, 11) is 0. The minimum atomic E-state index is -1.06. The molecule has 1 N–H and O–H groups in total. The van der Waals surface area contributed by atoms with Crippen LogP contribution in [0.4, 0.5) is 0 Å². The molecule has 5 atom stereocenters. The van der Waals surface area contributed by atoms with Crippen molar-refractivity contribution in [3.63, 3.8) is 0 Å². The standard InChI is InChI=1S/C18H23NO3/c1-2-14(11-6-4-3-5-7-11)19-17(20)15-12-8-9-13(10-12)16(15)18(21)22/h3-7,12-16H,2,8-10H2,1H3,(H,19,20)(H,21,22)/p-1/t12-,13-,14+,15-,16-/m0/s1. The van der Waals surface area contributed by atoms with Crippen molar-refractivity contribution >= 4 is 11.9 Å². The van der Waals surface area contributed by atoms with Gasteiger partial charge >= 0.3 is 0 Å². The van der Waals surface area contributed by atoms with Crippen LogP contribution < -0.4 is 10.4 Å². The Bertz CT molecular complexity index is 557. The smallest absolute Gasteiger partial charge is 0.224 e. The Morgan fingerprint density at radius 2 is 1.82 bits per heavy atom. The second-order valence-electron chi connectivity index (χ2n) is 6.58. The fourth-order valence-corrected chi connectivity index (χ4v) is 4.38. The van der Waals surface area contributed by atoms with Gasteiger partial charge in [-0.2, -0.15) is 0 Å². The van der Waals surface area contributed by atoms with Crippen molar-refractivity contribution in [2.75, 3.05) is 0 Å². The number of carbonyl (C=O) groups excluding carboxylic acids is 2. The van der Waals surface area contributed by atoms with Gasteiger partial charge in [0.2, 0.25) is 5.91 Å². The zero-order valence-electron chi connectivity index (χ0n) is 12.8. The summed E-state index contributed by atoms with van der Waals surface area (Å²) in [6.07, 6.45) is 3.53. The van der Waals surface area contributed by atoms with Gasteiger partial charge in [0.1, 0.15) is 0 Å². The van der Waals surface area contributed by atoms with Crippen LogP contribution in [0.5, 0.6) is 0 Å². The molecule has 0 spiro atoms. The molecule has 0 aliphatic heterocycles. The van der Waals surface area contributed by atoms with E-state index < -0.39 is 17.8 Å². The molecule has 0 saturated heterocycles. The topological polar surface area (TPSA) is 69.2 Å². The van der Waals surface area contributed by atoms with Crippen molar-refractivity contribution in [2.24, 2.45) is 23.7 Å². The molecule has 0 heterocycles. The second kappa shape index (κ2) is 6.11. The predicted octanol–water partition coefficient (Wildman–Crippen LogP) is 1.67. The van der Waals surface area contributed by atoms with Crippen molar-refractivity contribution in [1.82, 2.24) is 5.32 Å². The van der Waals surface area contributed by atoms with Crippen molar-refractivity contribution < 1.29 is 14.7 Å². The van der Waals surface area contributed by atoms with Crippen LogP contribution in [-0.2, 0) is 9.59 Å². The summed E-state index contributed by atoms with van der Waals surface area (Å²) in [5.74, 6) is -1.85. The number of carboxylic acid groups (broad SMARTS) is 1. The third kappa shape index (κ3) is 2.62. The Kier molecular flexibility index (Phi) is 4.19. The normalized spacial score (nSPS) is 31.0. The number of amides is 1. The van der Waals surface area contributed by atoms with E-state index in [-0.39, 0.29) is 23.8 Å². The summed E-state index contributed by atoms with van der Waals surface area (Å²) in [6.45, 7) is 2.02. The van der Waals surface area contributed by atoms with E-state index in [0.717, 1.165) is 31.2 Å². The highest BCUT2D eigenvalue weighted by Gasteiger charge is 2.51. The zero-order valence-corrected chi connectivity index (χ0v) is 12.8. The number of fused-ring (bicyclic) bond motifs is 2. The van der Waals surface area contributed by atoms with Crippen LogP contribution in [0.1, 0.15) is 44.2 Å². The third-order valence-corrected chi connectivity index (χ3v) is 5.42. The van der Waals surface area contributed by atoms with Crippen LogP contribution in [0.15, 0.2) is 30.3 Å². The Labute approximate surface area is 130 Å². The molecule has 2 bridgehead atoms. The number of aliphatic carboxylic acids is 1. The average Bonchev–Trinajstić information content (AvgIpc) is 3.14. The van der Waals surface area contributed by atoms with Crippen LogP contribution in [-0.4, -0.2) is 11.9 Å². The first kappa shape index (κ1) is 15.1. The lowest BCUT2D eigenvalue weighted by Crippen LogP contribution is -2.46. The third-order valence-electron chi connectivity index (χ3n) is 5.42. The van der Waals surface area contributed by atoms with Gasteiger partial charge in [0.15, 0.2) is 0 Å². The summed E-state index contributed by atoms with van der Waals surface area (Å²) in [4.78, 5) is 24.1. The van der Waals surface area contributed by atoms with E-state index in [9.17, 15) is 14.7 Å². The lowest BCUT2D eigenvalue weighted by atomic mass is 9.78. The SMILES string of the molecule is CC[C@@H](NC(=O)[C@H]1[C@H]2CC[C@@H](C2)[C@@H]1C(=O)[O-])c1ccccc1. The van der Waals surface area contributed by atoms with Gasteiger partial charge in [-0.15, -0.1) is 0 Å². The Morgan fingerprint density at radius 1 is 1.18 bits per heavy atom. The van der Waals surface area contributed by atoms with Crippen molar-refractivity contribution in [3.8, 4) is 0 Å². The maximum absolute atomic E-state index is 12.7. The van der Waals surface area contributed by atoms with Gasteiger partial charge in [-0.3, -0.25) is 4.79 Å². The first-order valence-electron chi connectivity index (χ1n) is 8.18. The molecule has 2 fully saturated rings. The molecule has 4 nitrogen and oxygen atoms in total. The Hall–Kier alpha value is -1.84. The number of hydrogen-bond acceptors (Lipinski definition) is 3. The summed E-state index contributed by atoms with van der Waals surface area (Å²) >= 11 is 0.